The highest BCUT2D eigenvalue weighted by Gasteiger charge is 2.17. The fourth-order valence-corrected chi connectivity index (χ4v) is 5.31. The number of hydrogen-bond donors (Lipinski definition) is 2. The number of nitrogens with zero attached hydrogens (tertiary/aromatic N) is 4. The number of thiazole rings is 1. The van der Waals surface area contributed by atoms with Crippen molar-refractivity contribution in [3.8, 4) is 0 Å². The first-order chi connectivity index (χ1) is 16.1. The van der Waals surface area contributed by atoms with Crippen LogP contribution in [0.2, 0.25) is 0 Å². The number of aryl methyl sites for hydroxylation is 3. The molecule has 0 aliphatic heterocycles. The van der Waals surface area contributed by atoms with Crippen LogP contribution in [0.3, 0.4) is 0 Å². The van der Waals surface area contributed by atoms with Crippen molar-refractivity contribution < 1.29 is 13.2 Å². The fraction of sp³-hybridized carbons (Fsp3) is 0.217. The van der Waals surface area contributed by atoms with E-state index in [9.17, 15) is 13.2 Å². The van der Waals surface area contributed by atoms with Crippen LogP contribution in [0.4, 0.5) is 16.8 Å². The first-order valence-electron chi connectivity index (χ1n) is 10.4. The Balaban J connectivity index is 1.41. The maximum absolute atomic E-state index is 12.6. The van der Waals surface area contributed by atoms with Gasteiger partial charge in [0.05, 0.1) is 21.7 Å². The molecule has 4 rings (SSSR count). The first-order valence-corrected chi connectivity index (χ1v) is 12.7. The van der Waals surface area contributed by atoms with E-state index < -0.39 is 10.0 Å². The summed E-state index contributed by atoms with van der Waals surface area (Å²) < 4.78 is 28.6. The number of likely N-dealkylation sites (N-methyl/N-ethyl adjacent to an activating group) is 1. The number of sulfonamides is 1. The number of amides is 1. The third-order valence-electron chi connectivity index (χ3n) is 5.11. The molecule has 34 heavy (non-hydrogen) atoms. The molecule has 0 spiro atoms. The second-order valence-corrected chi connectivity index (χ2v) is 10.6. The summed E-state index contributed by atoms with van der Waals surface area (Å²) in [6.07, 6.45) is 1.48. The first kappa shape index (κ1) is 23.6. The number of fused-ring (bicyclic) bond motifs is 1. The van der Waals surface area contributed by atoms with E-state index in [0.717, 1.165) is 26.5 Å². The third-order valence-corrected chi connectivity index (χ3v) is 7.76. The summed E-state index contributed by atoms with van der Waals surface area (Å²) in [6.45, 7) is 5.91. The molecule has 0 unspecified atom stereocenters. The highest BCUT2D eigenvalue weighted by atomic mass is 32.2. The van der Waals surface area contributed by atoms with Crippen LogP contribution in [0, 0.1) is 20.8 Å². The van der Waals surface area contributed by atoms with Crippen LogP contribution in [-0.2, 0) is 14.8 Å². The van der Waals surface area contributed by atoms with E-state index in [-0.39, 0.29) is 23.3 Å². The van der Waals surface area contributed by atoms with Gasteiger partial charge in [-0.05, 0) is 62.2 Å². The van der Waals surface area contributed by atoms with Crippen molar-refractivity contribution in [1.82, 2.24) is 15.0 Å². The van der Waals surface area contributed by atoms with Gasteiger partial charge in [-0.3, -0.25) is 4.79 Å². The number of aromatic nitrogens is 3. The molecular weight excluding hydrogens is 472 g/mol. The van der Waals surface area contributed by atoms with Crippen molar-refractivity contribution in [1.29, 1.82) is 0 Å². The van der Waals surface area contributed by atoms with E-state index in [2.05, 4.69) is 26.1 Å². The zero-order valence-electron chi connectivity index (χ0n) is 19.2. The van der Waals surface area contributed by atoms with Gasteiger partial charge in [0.1, 0.15) is 0 Å². The van der Waals surface area contributed by atoms with E-state index in [4.69, 9.17) is 4.98 Å². The normalized spacial score (nSPS) is 11.4. The van der Waals surface area contributed by atoms with Crippen LogP contribution in [0.25, 0.3) is 10.2 Å². The Morgan fingerprint density at radius 3 is 2.38 bits per heavy atom. The average Bonchev–Trinajstić information content (AvgIpc) is 3.24. The van der Waals surface area contributed by atoms with Gasteiger partial charge in [-0.25, -0.2) is 28.1 Å². The number of hydrogen-bond acceptors (Lipinski definition) is 8. The van der Waals surface area contributed by atoms with Crippen molar-refractivity contribution in [3.63, 3.8) is 0 Å². The van der Waals surface area contributed by atoms with E-state index in [1.165, 1.54) is 30.5 Å². The van der Waals surface area contributed by atoms with E-state index in [0.29, 0.717) is 11.4 Å². The van der Waals surface area contributed by atoms with Crippen LogP contribution in [0.15, 0.2) is 53.6 Å². The minimum Gasteiger partial charge on any atom is -0.342 e. The molecule has 11 heteroatoms. The number of carbonyl (C=O) groups is 1. The van der Waals surface area contributed by atoms with E-state index >= 15 is 0 Å². The Bertz CT molecular complexity index is 1430. The summed E-state index contributed by atoms with van der Waals surface area (Å²) in [5.41, 5.74) is 4.33. The summed E-state index contributed by atoms with van der Waals surface area (Å²) in [7, 11) is -2.04. The van der Waals surface area contributed by atoms with Crippen LogP contribution in [0.5, 0.6) is 0 Å². The lowest BCUT2D eigenvalue weighted by molar-refractivity contribution is -0.114. The molecule has 0 radical (unpaired) electrons. The SMILES string of the molecule is Cc1ccnc(NS(=O)(=O)c2ccc(NC(=O)CN(C)c3nc4c(C)ccc(C)c4s3)cc2)n1. The van der Waals surface area contributed by atoms with Crippen molar-refractivity contribution >= 4 is 54.3 Å². The summed E-state index contributed by atoms with van der Waals surface area (Å²) in [5.74, 6) is -0.238. The topological polar surface area (TPSA) is 117 Å². The predicted octanol–water partition coefficient (Wildman–Crippen LogP) is 3.89. The Labute approximate surface area is 201 Å². The lowest BCUT2D eigenvalue weighted by Crippen LogP contribution is -2.29. The molecule has 2 N–H and O–H groups in total. The van der Waals surface area contributed by atoms with Crippen LogP contribution < -0.4 is 14.9 Å². The standard InChI is InChI=1S/C23H24N6O3S2/c1-14-5-6-15(2)21-20(14)27-23(33-21)29(4)13-19(30)26-17-7-9-18(10-8-17)34(31,32)28-22-24-12-11-16(3)25-22/h5-12H,13H2,1-4H3,(H,26,30)(H,24,25,28). The van der Waals surface area contributed by atoms with Gasteiger partial charge in [-0.2, -0.15) is 0 Å². The Kier molecular flexibility index (Phi) is 6.49. The maximum atomic E-state index is 12.6. The minimum atomic E-state index is -3.85. The molecule has 1 amide bonds. The molecule has 0 aliphatic rings. The van der Waals surface area contributed by atoms with E-state index in [1.807, 2.05) is 27.0 Å². The molecule has 0 saturated carbocycles. The smallest absolute Gasteiger partial charge is 0.264 e. The summed E-state index contributed by atoms with van der Waals surface area (Å²) >= 11 is 1.55. The molecule has 0 fully saturated rings. The molecule has 4 aromatic rings. The molecule has 0 atom stereocenters. The highest BCUT2D eigenvalue weighted by molar-refractivity contribution is 7.92. The van der Waals surface area contributed by atoms with E-state index in [1.54, 1.807) is 29.2 Å². The highest BCUT2D eigenvalue weighted by Crippen LogP contribution is 2.32. The molecule has 2 aromatic heterocycles. The molecular formula is C23H24N6O3S2. The second kappa shape index (κ2) is 9.35. The Morgan fingerprint density at radius 2 is 1.71 bits per heavy atom. The van der Waals surface area contributed by atoms with Gasteiger partial charge in [0.2, 0.25) is 11.9 Å². The second-order valence-electron chi connectivity index (χ2n) is 7.93. The molecule has 0 aliphatic carbocycles. The van der Waals surface area contributed by atoms with Crippen molar-refractivity contribution in [2.24, 2.45) is 0 Å². The quantitative estimate of drug-likeness (QED) is 0.399. The minimum absolute atomic E-state index is 0.000603. The number of nitrogens with one attached hydrogen (secondary N) is 2. The lowest BCUT2D eigenvalue weighted by atomic mass is 10.1. The van der Waals surface area contributed by atoms with Crippen LogP contribution in [0.1, 0.15) is 16.8 Å². The third kappa shape index (κ3) is 5.15. The van der Waals surface area contributed by atoms with Gasteiger partial charge in [0.25, 0.3) is 10.0 Å². The fourth-order valence-electron chi connectivity index (χ4n) is 3.29. The molecule has 0 bridgehead atoms. The van der Waals surface area contributed by atoms with Gasteiger partial charge in [-0.15, -0.1) is 0 Å². The summed E-state index contributed by atoms with van der Waals surface area (Å²) in [5, 5.41) is 3.55. The van der Waals surface area contributed by atoms with Crippen LogP contribution in [-0.4, -0.2) is 42.9 Å². The summed E-state index contributed by atoms with van der Waals surface area (Å²) in [6, 6.07) is 11.7. The van der Waals surface area contributed by atoms with Crippen molar-refractivity contribution in [3.05, 3.63) is 65.5 Å². The summed E-state index contributed by atoms with van der Waals surface area (Å²) in [4.78, 5) is 27.1. The largest absolute Gasteiger partial charge is 0.342 e. The van der Waals surface area contributed by atoms with Crippen molar-refractivity contribution in [2.75, 3.05) is 28.5 Å². The number of benzene rings is 2. The van der Waals surface area contributed by atoms with Gasteiger partial charge in [0, 0.05) is 24.6 Å². The predicted molar refractivity (Wildman–Crippen MR) is 135 cm³/mol. The Morgan fingerprint density at radius 1 is 1.00 bits per heavy atom. The number of carbonyl (C=O) groups excluding carboxylic acids is 1. The maximum Gasteiger partial charge on any atom is 0.264 e. The molecule has 2 heterocycles. The van der Waals surface area contributed by atoms with Gasteiger partial charge in [0.15, 0.2) is 5.13 Å². The molecule has 0 saturated heterocycles. The van der Waals surface area contributed by atoms with Crippen molar-refractivity contribution in [2.45, 2.75) is 25.7 Å². The average molecular weight is 497 g/mol. The molecule has 9 nitrogen and oxygen atoms in total. The van der Waals surface area contributed by atoms with Gasteiger partial charge < -0.3 is 10.2 Å². The molecule has 2 aromatic carbocycles. The monoisotopic (exact) mass is 496 g/mol. The Hall–Kier alpha value is -3.57. The molecule has 176 valence electrons. The van der Waals surface area contributed by atoms with Crippen LogP contribution >= 0.6 is 11.3 Å². The lowest BCUT2D eigenvalue weighted by Gasteiger charge is -2.15. The van der Waals surface area contributed by atoms with Gasteiger partial charge in [-0.1, -0.05) is 23.5 Å². The number of anilines is 3. The zero-order valence-corrected chi connectivity index (χ0v) is 20.8. The van der Waals surface area contributed by atoms with Gasteiger partial charge >= 0.3 is 0 Å². The number of rotatable bonds is 7. The zero-order chi connectivity index (χ0) is 24.5.